The van der Waals surface area contributed by atoms with E-state index in [0.717, 1.165) is 18.1 Å². The van der Waals surface area contributed by atoms with E-state index in [1.54, 1.807) is 0 Å². The van der Waals surface area contributed by atoms with Crippen LogP contribution in [0, 0.1) is 0 Å². The molecule has 0 aromatic carbocycles. The zero-order valence-electron chi connectivity index (χ0n) is 16.6. The first kappa shape index (κ1) is 24.2. The summed E-state index contributed by atoms with van der Waals surface area (Å²) in [5, 5.41) is 0.762. The number of hydrogen-bond acceptors (Lipinski definition) is 9. The normalized spacial score (nSPS) is 26.3. The molecule has 0 radical (unpaired) electrons. The van der Waals surface area contributed by atoms with Gasteiger partial charge in [-0.05, 0) is 19.3 Å². The summed E-state index contributed by atoms with van der Waals surface area (Å²) in [7, 11) is 3.95. The predicted octanol–water partition coefficient (Wildman–Crippen LogP) is 2.71. The number of unbranched alkanes of at least 4 members (excludes halogenated alkanes) is 1. The van der Waals surface area contributed by atoms with Gasteiger partial charge in [0.1, 0.15) is 12.7 Å². The second-order valence-electron chi connectivity index (χ2n) is 6.66. The lowest BCUT2D eigenvalue weighted by molar-refractivity contribution is -0.150. The fourth-order valence-corrected chi connectivity index (χ4v) is 5.78. The van der Waals surface area contributed by atoms with Gasteiger partial charge in [0.15, 0.2) is 0 Å². The summed E-state index contributed by atoms with van der Waals surface area (Å²) < 4.78 is 33.0. The van der Waals surface area contributed by atoms with E-state index >= 15 is 0 Å². The lowest BCUT2D eigenvalue weighted by Gasteiger charge is -2.18. The molecule has 9 heteroatoms. The predicted molar refractivity (Wildman–Crippen MR) is 111 cm³/mol. The molecule has 0 aromatic rings. The summed E-state index contributed by atoms with van der Waals surface area (Å²) >= 11 is 0. The van der Waals surface area contributed by atoms with Crippen LogP contribution < -0.4 is 0 Å². The lowest BCUT2D eigenvalue weighted by atomic mass is 10.1. The first-order chi connectivity index (χ1) is 13.8. The number of rotatable bonds is 7. The molecule has 2 saturated heterocycles. The Morgan fingerprint density at radius 2 is 1.57 bits per heavy atom. The smallest absolute Gasteiger partial charge is 0.305 e. The SMILES string of the molecule is O=C(CCCCC1CCSS1)OCC1COCCOCCOCCOCCO1. The van der Waals surface area contributed by atoms with Crippen LogP contribution in [0.15, 0.2) is 0 Å². The van der Waals surface area contributed by atoms with E-state index < -0.39 is 0 Å². The van der Waals surface area contributed by atoms with Gasteiger partial charge in [-0.2, -0.15) is 0 Å². The minimum absolute atomic E-state index is 0.162. The van der Waals surface area contributed by atoms with Gasteiger partial charge in [0.05, 0.1) is 59.5 Å². The number of hydrogen-bond donors (Lipinski definition) is 0. The minimum atomic E-state index is -0.291. The molecule has 2 aliphatic heterocycles. The Morgan fingerprint density at radius 1 is 0.893 bits per heavy atom. The van der Waals surface area contributed by atoms with Gasteiger partial charge < -0.3 is 28.4 Å². The topological polar surface area (TPSA) is 72.5 Å². The van der Waals surface area contributed by atoms with Crippen LogP contribution in [0.25, 0.3) is 0 Å². The minimum Gasteiger partial charge on any atom is -0.463 e. The van der Waals surface area contributed by atoms with Gasteiger partial charge in [0, 0.05) is 17.4 Å². The summed E-state index contributed by atoms with van der Waals surface area (Å²) in [6.45, 7) is 4.61. The summed E-state index contributed by atoms with van der Waals surface area (Å²) in [5.41, 5.74) is 0. The van der Waals surface area contributed by atoms with E-state index in [2.05, 4.69) is 0 Å². The molecule has 2 heterocycles. The Bertz CT molecular complexity index is 378. The van der Waals surface area contributed by atoms with Crippen molar-refractivity contribution in [1.29, 1.82) is 0 Å². The average molecular weight is 439 g/mol. The zero-order valence-corrected chi connectivity index (χ0v) is 18.3. The first-order valence-electron chi connectivity index (χ1n) is 10.2. The van der Waals surface area contributed by atoms with Gasteiger partial charge in [-0.3, -0.25) is 4.79 Å². The molecule has 0 spiro atoms. The van der Waals surface area contributed by atoms with Crippen molar-refractivity contribution < 1.29 is 33.2 Å². The molecule has 2 aliphatic rings. The Balaban J connectivity index is 1.57. The van der Waals surface area contributed by atoms with E-state index in [4.69, 9.17) is 28.4 Å². The van der Waals surface area contributed by atoms with Crippen molar-refractivity contribution in [3.05, 3.63) is 0 Å². The van der Waals surface area contributed by atoms with Crippen molar-refractivity contribution in [3.63, 3.8) is 0 Å². The lowest BCUT2D eigenvalue weighted by Crippen LogP contribution is -2.29. The van der Waals surface area contributed by atoms with Crippen LogP contribution in [-0.4, -0.2) is 89.1 Å². The summed E-state index contributed by atoms with van der Waals surface area (Å²) in [4.78, 5) is 12.0. The number of esters is 1. The summed E-state index contributed by atoms with van der Waals surface area (Å²) in [6, 6.07) is 0. The number of carbonyl (C=O) groups is 1. The van der Waals surface area contributed by atoms with Crippen LogP contribution >= 0.6 is 21.6 Å². The van der Waals surface area contributed by atoms with Crippen LogP contribution in [0.5, 0.6) is 0 Å². The second-order valence-corrected chi connectivity index (χ2v) is 9.45. The average Bonchev–Trinajstić information content (AvgIpc) is 3.21. The van der Waals surface area contributed by atoms with Crippen LogP contribution in [-0.2, 0) is 33.2 Å². The second kappa shape index (κ2) is 16.7. The monoisotopic (exact) mass is 438 g/mol. The van der Waals surface area contributed by atoms with Gasteiger partial charge in [0.25, 0.3) is 0 Å². The summed E-state index contributed by atoms with van der Waals surface area (Å²) in [5.74, 6) is 1.09. The van der Waals surface area contributed by atoms with Crippen LogP contribution in [0.1, 0.15) is 32.1 Å². The van der Waals surface area contributed by atoms with Crippen LogP contribution in [0.2, 0.25) is 0 Å². The fourth-order valence-electron chi connectivity index (χ4n) is 2.76. The number of ether oxygens (including phenoxy) is 6. The van der Waals surface area contributed by atoms with Crippen molar-refractivity contribution >= 4 is 27.6 Å². The maximum Gasteiger partial charge on any atom is 0.305 e. The molecule has 0 N–H and O–H groups in total. The van der Waals surface area contributed by atoms with E-state index in [1.165, 1.54) is 18.6 Å². The first-order valence-corrected chi connectivity index (χ1v) is 12.6. The van der Waals surface area contributed by atoms with Gasteiger partial charge >= 0.3 is 5.97 Å². The Labute approximate surface area is 176 Å². The third kappa shape index (κ3) is 12.5. The third-order valence-electron chi connectivity index (χ3n) is 4.32. The quantitative estimate of drug-likeness (QED) is 0.339. The van der Waals surface area contributed by atoms with E-state index in [1.807, 2.05) is 21.6 Å². The van der Waals surface area contributed by atoms with Crippen molar-refractivity contribution in [2.45, 2.75) is 43.5 Å². The van der Waals surface area contributed by atoms with Gasteiger partial charge in [0.2, 0.25) is 0 Å². The summed E-state index contributed by atoms with van der Waals surface area (Å²) in [6.07, 6.45) is 4.63. The molecule has 0 aliphatic carbocycles. The standard InChI is InChI=1S/C19H34O7S2/c20-19(4-2-1-3-18-5-14-27-28-18)26-16-17-15-24-11-10-22-7-6-21-8-9-23-12-13-25-17/h17-18H,1-16H2. The maximum atomic E-state index is 12.0. The van der Waals surface area contributed by atoms with Crippen molar-refractivity contribution in [2.75, 3.05) is 71.8 Å². The van der Waals surface area contributed by atoms with Crippen molar-refractivity contribution in [3.8, 4) is 0 Å². The highest BCUT2D eigenvalue weighted by Gasteiger charge is 2.17. The molecule has 164 valence electrons. The highest BCUT2D eigenvalue weighted by Crippen LogP contribution is 2.39. The molecule has 7 nitrogen and oxygen atoms in total. The number of carbonyl (C=O) groups excluding carboxylic acids is 1. The highest BCUT2D eigenvalue weighted by atomic mass is 33.1. The molecule has 0 bridgehead atoms. The molecule has 2 rings (SSSR count). The Hall–Kier alpha value is -0.0300. The molecular weight excluding hydrogens is 404 g/mol. The van der Waals surface area contributed by atoms with Gasteiger partial charge in [-0.25, -0.2) is 0 Å². The molecule has 2 atom stereocenters. The Morgan fingerprint density at radius 3 is 2.25 bits per heavy atom. The maximum absolute atomic E-state index is 12.0. The molecule has 0 saturated carbocycles. The van der Waals surface area contributed by atoms with E-state index in [9.17, 15) is 4.79 Å². The Kier molecular flexibility index (Phi) is 14.5. The molecule has 2 unspecified atom stereocenters. The molecular formula is C19H34O7S2. The third-order valence-corrected chi connectivity index (χ3v) is 7.32. The molecule has 2 fully saturated rings. The van der Waals surface area contributed by atoms with E-state index in [-0.39, 0.29) is 18.7 Å². The molecule has 0 aromatic heterocycles. The molecule has 28 heavy (non-hydrogen) atoms. The highest BCUT2D eigenvalue weighted by molar-refractivity contribution is 8.77. The van der Waals surface area contributed by atoms with E-state index in [0.29, 0.717) is 65.9 Å². The van der Waals surface area contributed by atoms with Crippen LogP contribution in [0.4, 0.5) is 0 Å². The van der Waals surface area contributed by atoms with Crippen LogP contribution in [0.3, 0.4) is 0 Å². The zero-order chi connectivity index (χ0) is 19.7. The van der Waals surface area contributed by atoms with Crippen molar-refractivity contribution in [1.82, 2.24) is 0 Å². The van der Waals surface area contributed by atoms with Crippen molar-refractivity contribution in [2.24, 2.45) is 0 Å². The molecule has 0 amide bonds. The van der Waals surface area contributed by atoms with Gasteiger partial charge in [-0.15, -0.1) is 0 Å². The fraction of sp³-hybridized carbons (Fsp3) is 0.947. The largest absolute Gasteiger partial charge is 0.463 e. The van der Waals surface area contributed by atoms with Gasteiger partial charge in [-0.1, -0.05) is 28.0 Å².